The molecule has 0 bridgehead atoms. The van der Waals surface area contributed by atoms with Gasteiger partial charge in [-0.05, 0) is 29.0 Å². The van der Waals surface area contributed by atoms with Crippen LogP contribution >= 0.6 is 22.9 Å². The molecule has 0 unspecified atom stereocenters. The fraction of sp³-hybridized carbons (Fsp3) is 0.0909. The Bertz CT molecular complexity index is 629. The van der Waals surface area contributed by atoms with Crippen LogP contribution in [0.15, 0.2) is 30.5 Å². The molecule has 0 aliphatic carbocycles. The molecular weight excluding hydrogens is 290 g/mol. The number of halogens is 1. The Morgan fingerprint density at radius 2 is 2.32 bits per heavy atom. The zero-order chi connectivity index (χ0) is 13.8. The van der Waals surface area contributed by atoms with Gasteiger partial charge in [0.25, 0.3) is 5.91 Å². The van der Waals surface area contributed by atoms with Gasteiger partial charge in [-0.2, -0.15) is 0 Å². The molecule has 0 spiro atoms. The van der Waals surface area contributed by atoms with Crippen molar-refractivity contribution in [1.82, 2.24) is 4.98 Å². The van der Waals surface area contributed by atoms with Gasteiger partial charge in [0, 0.05) is 11.4 Å². The number of rotatable bonds is 4. The SMILES string of the molecule is O=C(Nc1ncc([N+](=O)[O-])s1)c1cccc(CCl)c1. The maximum absolute atomic E-state index is 11.9. The number of nitrogens with zero attached hydrogens (tertiary/aromatic N) is 2. The van der Waals surface area contributed by atoms with Crippen molar-refractivity contribution >= 4 is 39.0 Å². The molecule has 1 aromatic heterocycles. The molecule has 0 saturated carbocycles. The number of anilines is 1. The summed E-state index contributed by atoms with van der Waals surface area (Å²) in [5.74, 6) is -0.0691. The number of carbonyl (C=O) groups excluding carboxylic acids is 1. The molecule has 1 amide bonds. The highest BCUT2D eigenvalue weighted by molar-refractivity contribution is 7.18. The molecule has 0 radical (unpaired) electrons. The van der Waals surface area contributed by atoms with Gasteiger partial charge in [-0.3, -0.25) is 20.2 Å². The standard InChI is InChI=1S/C11H8ClN3O3S/c12-5-7-2-1-3-8(4-7)10(16)14-11-13-6-9(19-11)15(17)18/h1-4,6H,5H2,(H,13,14,16). The fourth-order valence-electron chi connectivity index (χ4n) is 1.37. The number of thiazole rings is 1. The van der Waals surface area contributed by atoms with Gasteiger partial charge in [0.05, 0.1) is 4.92 Å². The highest BCUT2D eigenvalue weighted by Crippen LogP contribution is 2.25. The number of nitro groups is 1. The van der Waals surface area contributed by atoms with E-state index in [1.165, 1.54) is 0 Å². The van der Waals surface area contributed by atoms with Crippen LogP contribution in [0.25, 0.3) is 0 Å². The number of hydrogen-bond acceptors (Lipinski definition) is 5. The van der Waals surface area contributed by atoms with Crippen LogP contribution in [0.5, 0.6) is 0 Å². The summed E-state index contributed by atoms with van der Waals surface area (Å²) in [5, 5.41) is 13.1. The molecule has 0 fully saturated rings. The Morgan fingerprint density at radius 3 is 2.95 bits per heavy atom. The van der Waals surface area contributed by atoms with Crippen molar-refractivity contribution in [3.8, 4) is 0 Å². The van der Waals surface area contributed by atoms with Crippen molar-refractivity contribution in [2.24, 2.45) is 0 Å². The van der Waals surface area contributed by atoms with E-state index in [0.29, 0.717) is 11.4 Å². The van der Waals surface area contributed by atoms with E-state index < -0.39 is 4.92 Å². The largest absolute Gasteiger partial charge is 0.345 e. The van der Waals surface area contributed by atoms with Crippen molar-refractivity contribution < 1.29 is 9.72 Å². The number of aromatic nitrogens is 1. The van der Waals surface area contributed by atoms with E-state index in [9.17, 15) is 14.9 Å². The Kier molecular flexibility index (Phi) is 4.08. The normalized spacial score (nSPS) is 10.2. The summed E-state index contributed by atoms with van der Waals surface area (Å²) in [6.07, 6.45) is 1.11. The number of benzene rings is 1. The molecule has 0 atom stereocenters. The van der Waals surface area contributed by atoms with Crippen LogP contribution in [0.2, 0.25) is 0 Å². The summed E-state index contributed by atoms with van der Waals surface area (Å²) in [6, 6.07) is 6.81. The van der Waals surface area contributed by atoms with E-state index in [-0.39, 0.29) is 16.0 Å². The van der Waals surface area contributed by atoms with Crippen molar-refractivity contribution in [2.45, 2.75) is 5.88 Å². The first-order valence-corrected chi connectivity index (χ1v) is 6.51. The highest BCUT2D eigenvalue weighted by atomic mass is 35.5. The predicted molar refractivity (Wildman–Crippen MR) is 72.7 cm³/mol. The quantitative estimate of drug-likeness (QED) is 0.534. The zero-order valence-corrected chi connectivity index (χ0v) is 11.1. The second-order valence-corrected chi connectivity index (χ2v) is 4.83. The molecule has 0 aliphatic heterocycles. The molecule has 0 aliphatic rings. The van der Waals surface area contributed by atoms with E-state index >= 15 is 0 Å². The lowest BCUT2D eigenvalue weighted by molar-refractivity contribution is -0.380. The van der Waals surface area contributed by atoms with Gasteiger partial charge >= 0.3 is 5.00 Å². The smallest absolute Gasteiger partial charge is 0.298 e. The molecular formula is C11H8ClN3O3S. The summed E-state index contributed by atoms with van der Waals surface area (Å²) in [4.78, 5) is 25.6. The van der Waals surface area contributed by atoms with Gasteiger partial charge in [-0.25, -0.2) is 4.98 Å². The molecule has 0 saturated heterocycles. The van der Waals surface area contributed by atoms with Crippen LogP contribution in [-0.4, -0.2) is 15.8 Å². The Labute approximate surface area is 117 Å². The van der Waals surface area contributed by atoms with Gasteiger partial charge in [0.15, 0.2) is 5.13 Å². The molecule has 19 heavy (non-hydrogen) atoms. The first kappa shape index (κ1) is 13.4. The number of hydrogen-bond donors (Lipinski definition) is 1. The van der Waals surface area contributed by atoms with Gasteiger partial charge in [-0.15, -0.1) is 11.6 Å². The molecule has 1 aromatic carbocycles. The number of alkyl halides is 1. The van der Waals surface area contributed by atoms with Crippen molar-refractivity contribution in [3.05, 3.63) is 51.7 Å². The van der Waals surface area contributed by atoms with Crippen molar-refractivity contribution in [3.63, 3.8) is 0 Å². The molecule has 2 rings (SSSR count). The minimum absolute atomic E-state index is 0.121. The van der Waals surface area contributed by atoms with E-state index in [4.69, 9.17) is 11.6 Å². The first-order chi connectivity index (χ1) is 9.10. The molecule has 2 aromatic rings. The van der Waals surface area contributed by atoms with E-state index in [1.807, 2.05) is 0 Å². The highest BCUT2D eigenvalue weighted by Gasteiger charge is 2.14. The molecule has 1 heterocycles. The molecule has 6 nitrogen and oxygen atoms in total. The van der Waals surface area contributed by atoms with Crippen LogP contribution in [0.4, 0.5) is 10.1 Å². The summed E-state index contributed by atoms with van der Waals surface area (Å²) in [7, 11) is 0. The molecule has 1 N–H and O–H groups in total. The third kappa shape index (κ3) is 3.27. The summed E-state index contributed by atoms with van der Waals surface area (Å²) in [6.45, 7) is 0. The number of carbonyl (C=O) groups is 1. The van der Waals surface area contributed by atoms with Crippen LogP contribution in [0.3, 0.4) is 0 Å². The van der Waals surface area contributed by atoms with Crippen molar-refractivity contribution in [1.29, 1.82) is 0 Å². The minimum Gasteiger partial charge on any atom is -0.298 e. The first-order valence-electron chi connectivity index (χ1n) is 5.16. The lowest BCUT2D eigenvalue weighted by atomic mass is 10.1. The van der Waals surface area contributed by atoms with Crippen LogP contribution in [0, 0.1) is 10.1 Å². The summed E-state index contributed by atoms with van der Waals surface area (Å²) in [5.41, 5.74) is 1.25. The van der Waals surface area contributed by atoms with Gasteiger partial charge in [0.1, 0.15) is 6.20 Å². The summed E-state index contributed by atoms with van der Waals surface area (Å²) >= 11 is 6.49. The Hall–Kier alpha value is -1.99. The maximum atomic E-state index is 11.9. The summed E-state index contributed by atoms with van der Waals surface area (Å²) < 4.78 is 0. The lowest BCUT2D eigenvalue weighted by Gasteiger charge is -2.02. The van der Waals surface area contributed by atoms with Crippen molar-refractivity contribution in [2.75, 3.05) is 5.32 Å². The monoisotopic (exact) mass is 297 g/mol. The topological polar surface area (TPSA) is 85.1 Å². The van der Waals surface area contributed by atoms with Crippen LogP contribution in [-0.2, 0) is 5.88 Å². The second kappa shape index (κ2) is 5.77. The van der Waals surface area contributed by atoms with Gasteiger partial charge < -0.3 is 0 Å². The number of amides is 1. The third-order valence-electron chi connectivity index (χ3n) is 2.24. The minimum atomic E-state index is -0.554. The van der Waals surface area contributed by atoms with E-state index in [0.717, 1.165) is 23.1 Å². The van der Waals surface area contributed by atoms with E-state index in [1.54, 1.807) is 24.3 Å². The second-order valence-electron chi connectivity index (χ2n) is 3.55. The number of nitrogens with one attached hydrogen (secondary N) is 1. The van der Waals surface area contributed by atoms with Crippen LogP contribution in [0.1, 0.15) is 15.9 Å². The van der Waals surface area contributed by atoms with Gasteiger partial charge in [0.2, 0.25) is 0 Å². The zero-order valence-electron chi connectivity index (χ0n) is 9.50. The Balaban J connectivity index is 2.13. The molecule has 98 valence electrons. The van der Waals surface area contributed by atoms with Crippen LogP contribution < -0.4 is 5.32 Å². The average molecular weight is 298 g/mol. The average Bonchev–Trinajstić information content (AvgIpc) is 2.87. The fourth-order valence-corrected chi connectivity index (χ4v) is 2.17. The predicted octanol–water partition coefficient (Wildman–Crippen LogP) is 3.04. The third-order valence-corrected chi connectivity index (χ3v) is 3.41. The lowest BCUT2D eigenvalue weighted by Crippen LogP contribution is -2.11. The van der Waals surface area contributed by atoms with Gasteiger partial charge in [-0.1, -0.05) is 12.1 Å². The molecule has 8 heteroatoms. The maximum Gasteiger partial charge on any atom is 0.345 e. The van der Waals surface area contributed by atoms with E-state index in [2.05, 4.69) is 10.3 Å². The Morgan fingerprint density at radius 1 is 1.53 bits per heavy atom.